The van der Waals surface area contributed by atoms with Gasteiger partial charge in [-0.25, -0.2) is 14.6 Å². The Balaban J connectivity index is 1.80. The summed E-state index contributed by atoms with van der Waals surface area (Å²) in [4.78, 5) is 34.9. The lowest BCUT2D eigenvalue weighted by Crippen LogP contribution is -2.24. The van der Waals surface area contributed by atoms with Crippen molar-refractivity contribution in [2.75, 3.05) is 18.5 Å². The SMILES string of the molecule is CCOC(=O)COc1ccc(C=NNC(=O)CC(=O)Nc2ccc(F)cc2)cc1Br. The van der Waals surface area contributed by atoms with Crippen LogP contribution in [0, 0.1) is 5.82 Å². The lowest BCUT2D eigenvalue weighted by atomic mass is 10.2. The smallest absolute Gasteiger partial charge is 0.344 e. The monoisotopic (exact) mass is 479 g/mol. The van der Waals surface area contributed by atoms with Gasteiger partial charge in [-0.15, -0.1) is 0 Å². The van der Waals surface area contributed by atoms with Crippen LogP contribution < -0.4 is 15.5 Å². The summed E-state index contributed by atoms with van der Waals surface area (Å²) in [6.07, 6.45) is 0.939. The van der Waals surface area contributed by atoms with E-state index in [4.69, 9.17) is 9.47 Å². The van der Waals surface area contributed by atoms with Crippen LogP contribution in [-0.4, -0.2) is 37.2 Å². The Hall–Kier alpha value is -3.27. The second-order valence-corrected chi connectivity index (χ2v) is 6.66. The Morgan fingerprint density at radius 1 is 1.13 bits per heavy atom. The van der Waals surface area contributed by atoms with Crippen LogP contribution in [0.2, 0.25) is 0 Å². The van der Waals surface area contributed by atoms with Crippen molar-refractivity contribution in [3.63, 3.8) is 0 Å². The molecule has 2 N–H and O–H groups in total. The molecule has 2 amide bonds. The molecule has 0 bridgehead atoms. The van der Waals surface area contributed by atoms with Crippen LogP contribution in [-0.2, 0) is 19.1 Å². The van der Waals surface area contributed by atoms with E-state index in [-0.39, 0.29) is 13.2 Å². The average Bonchev–Trinajstić information content (AvgIpc) is 2.69. The van der Waals surface area contributed by atoms with Gasteiger partial charge in [-0.2, -0.15) is 5.10 Å². The van der Waals surface area contributed by atoms with Crippen LogP contribution in [0.15, 0.2) is 52.0 Å². The lowest BCUT2D eigenvalue weighted by molar-refractivity contribution is -0.145. The molecular formula is C20H19BrFN3O5. The van der Waals surface area contributed by atoms with Crippen LogP contribution in [0.4, 0.5) is 10.1 Å². The summed E-state index contributed by atoms with van der Waals surface area (Å²) in [6, 6.07) is 10.2. The summed E-state index contributed by atoms with van der Waals surface area (Å²) in [7, 11) is 0. The third kappa shape index (κ3) is 8.00. The first kappa shape index (κ1) is 23.0. The Labute approximate surface area is 180 Å². The van der Waals surface area contributed by atoms with Crippen molar-refractivity contribution in [2.24, 2.45) is 5.10 Å². The summed E-state index contributed by atoms with van der Waals surface area (Å²) in [6.45, 7) is 1.77. The Kier molecular flexibility index (Phi) is 8.95. The van der Waals surface area contributed by atoms with Crippen molar-refractivity contribution in [3.05, 3.63) is 58.3 Å². The summed E-state index contributed by atoms with van der Waals surface area (Å²) in [5.41, 5.74) is 3.27. The topological polar surface area (TPSA) is 106 Å². The molecule has 0 fully saturated rings. The fourth-order valence-electron chi connectivity index (χ4n) is 2.16. The molecule has 2 aromatic carbocycles. The van der Waals surface area contributed by atoms with Gasteiger partial charge in [0.2, 0.25) is 11.8 Å². The van der Waals surface area contributed by atoms with Gasteiger partial charge < -0.3 is 14.8 Å². The van der Waals surface area contributed by atoms with Crippen molar-refractivity contribution in [1.29, 1.82) is 0 Å². The third-order valence-electron chi connectivity index (χ3n) is 3.46. The van der Waals surface area contributed by atoms with Crippen LogP contribution in [0.25, 0.3) is 0 Å². The van der Waals surface area contributed by atoms with E-state index in [1.54, 1.807) is 25.1 Å². The van der Waals surface area contributed by atoms with E-state index < -0.39 is 30.0 Å². The maximum Gasteiger partial charge on any atom is 0.344 e. The zero-order valence-corrected chi connectivity index (χ0v) is 17.6. The standard InChI is InChI=1S/C20H19BrFN3O5/c1-2-29-20(28)12-30-17-8-3-13(9-16(17)21)11-23-25-19(27)10-18(26)24-15-6-4-14(22)5-7-15/h3-9,11H,2,10,12H2,1H3,(H,24,26)(H,25,27). The van der Waals surface area contributed by atoms with E-state index in [1.807, 2.05) is 0 Å². The van der Waals surface area contributed by atoms with Crippen molar-refractivity contribution in [2.45, 2.75) is 13.3 Å². The largest absolute Gasteiger partial charge is 0.481 e. The van der Waals surface area contributed by atoms with Crippen LogP contribution >= 0.6 is 15.9 Å². The number of anilines is 1. The first-order chi connectivity index (χ1) is 14.4. The molecule has 10 heteroatoms. The second-order valence-electron chi connectivity index (χ2n) is 5.81. The number of halogens is 2. The van der Waals surface area contributed by atoms with Crippen molar-refractivity contribution in [3.8, 4) is 5.75 Å². The predicted molar refractivity (Wildman–Crippen MR) is 112 cm³/mol. The van der Waals surface area contributed by atoms with Crippen molar-refractivity contribution < 1.29 is 28.2 Å². The summed E-state index contributed by atoms with van der Waals surface area (Å²) in [5, 5.41) is 6.27. The Morgan fingerprint density at radius 2 is 1.87 bits per heavy atom. The normalized spacial score (nSPS) is 10.5. The molecule has 0 saturated carbocycles. The molecule has 2 rings (SSSR count). The number of ether oxygens (including phenoxy) is 2. The number of benzene rings is 2. The number of esters is 1. The van der Waals surface area contributed by atoms with Crippen LogP contribution in [0.5, 0.6) is 5.75 Å². The van der Waals surface area contributed by atoms with E-state index in [2.05, 4.69) is 31.8 Å². The molecule has 0 aliphatic rings. The molecule has 30 heavy (non-hydrogen) atoms. The molecule has 0 radical (unpaired) electrons. The van der Waals surface area contributed by atoms with Gasteiger partial charge in [0, 0.05) is 5.69 Å². The molecule has 8 nitrogen and oxygen atoms in total. The van der Waals surface area contributed by atoms with E-state index in [9.17, 15) is 18.8 Å². The van der Waals surface area contributed by atoms with E-state index >= 15 is 0 Å². The number of hydrogen-bond donors (Lipinski definition) is 2. The quantitative estimate of drug-likeness (QED) is 0.249. The molecular weight excluding hydrogens is 461 g/mol. The minimum Gasteiger partial charge on any atom is -0.481 e. The van der Waals surface area contributed by atoms with Gasteiger partial charge in [0.25, 0.3) is 0 Å². The number of nitrogens with one attached hydrogen (secondary N) is 2. The number of hydrazone groups is 1. The minimum absolute atomic E-state index is 0.212. The van der Waals surface area contributed by atoms with E-state index in [0.29, 0.717) is 21.5 Å². The Bertz CT molecular complexity index is 935. The molecule has 0 spiro atoms. The van der Waals surface area contributed by atoms with Crippen molar-refractivity contribution >= 4 is 45.6 Å². The van der Waals surface area contributed by atoms with Gasteiger partial charge in [-0.1, -0.05) is 0 Å². The molecule has 0 aliphatic carbocycles. The minimum atomic E-state index is -0.612. The maximum absolute atomic E-state index is 12.8. The van der Waals surface area contributed by atoms with Gasteiger partial charge in [-0.3, -0.25) is 9.59 Å². The van der Waals surface area contributed by atoms with Gasteiger partial charge >= 0.3 is 5.97 Å². The third-order valence-corrected chi connectivity index (χ3v) is 4.08. The Morgan fingerprint density at radius 3 is 2.53 bits per heavy atom. The van der Waals surface area contributed by atoms with Gasteiger partial charge in [0.05, 0.1) is 17.3 Å². The number of carbonyl (C=O) groups is 3. The van der Waals surface area contributed by atoms with Gasteiger partial charge in [0.15, 0.2) is 6.61 Å². The number of nitrogens with zero attached hydrogens (tertiary/aromatic N) is 1. The molecule has 0 aliphatic heterocycles. The average molecular weight is 480 g/mol. The summed E-state index contributed by atoms with van der Waals surface area (Å²) in [5.74, 6) is -1.62. The van der Waals surface area contributed by atoms with E-state index in [1.165, 1.54) is 30.5 Å². The molecule has 0 saturated heterocycles. The first-order valence-corrected chi connectivity index (χ1v) is 9.62. The molecule has 0 aromatic heterocycles. The highest BCUT2D eigenvalue weighted by Gasteiger charge is 2.09. The van der Waals surface area contributed by atoms with Gasteiger partial charge in [-0.05, 0) is 70.9 Å². The highest BCUT2D eigenvalue weighted by molar-refractivity contribution is 9.10. The van der Waals surface area contributed by atoms with Crippen LogP contribution in [0.1, 0.15) is 18.9 Å². The first-order valence-electron chi connectivity index (χ1n) is 8.82. The van der Waals surface area contributed by atoms with Crippen LogP contribution in [0.3, 0.4) is 0 Å². The predicted octanol–water partition coefficient (Wildman–Crippen LogP) is 3.01. The number of rotatable bonds is 9. The number of carbonyl (C=O) groups excluding carboxylic acids is 3. The molecule has 0 atom stereocenters. The summed E-state index contributed by atoms with van der Waals surface area (Å²) >= 11 is 3.32. The lowest BCUT2D eigenvalue weighted by Gasteiger charge is -2.08. The maximum atomic E-state index is 12.8. The van der Waals surface area contributed by atoms with Gasteiger partial charge in [0.1, 0.15) is 18.0 Å². The molecule has 158 valence electrons. The zero-order valence-electron chi connectivity index (χ0n) is 16.0. The second kappa shape index (κ2) is 11.7. The molecule has 0 unspecified atom stereocenters. The fraction of sp³-hybridized carbons (Fsp3) is 0.200. The number of hydrogen-bond acceptors (Lipinski definition) is 6. The highest BCUT2D eigenvalue weighted by Crippen LogP contribution is 2.25. The molecule has 0 heterocycles. The number of amides is 2. The van der Waals surface area contributed by atoms with E-state index in [0.717, 1.165) is 0 Å². The molecule has 2 aromatic rings. The zero-order chi connectivity index (χ0) is 21.9. The highest BCUT2D eigenvalue weighted by atomic mass is 79.9. The fourth-order valence-corrected chi connectivity index (χ4v) is 2.67. The summed E-state index contributed by atoms with van der Waals surface area (Å²) < 4.78 is 23.6. The van der Waals surface area contributed by atoms with Crippen molar-refractivity contribution in [1.82, 2.24) is 5.43 Å².